The largest absolute Gasteiger partial charge is 0.347 e. The molecule has 0 spiro atoms. The Balaban J connectivity index is 2.14. The molecule has 3 heteroatoms. The Morgan fingerprint density at radius 2 is 2.31 bits per heavy atom. The second-order valence-corrected chi connectivity index (χ2v) is 4.02. The van der Waals surface area contributed by atoms with Crippen LogP contribution < -0.4 is 5.32 Å². The van der Waals surface area contributed by atoms with Crippen LogP contribution in [-0.4, -0.2) is 10.9 Å². The van der Waals surface area contributed by atoms with Crippen LogP contribution >= 0.6 is 0 Å². The first-order valence-electron chi connectivity index (χ1n) is 5.67. The highest BCUT2D eigenvalue weighted by molar-refractivity contribution is 5.86. The van der Waals surface area contributed by atoms with Gasteiger partial charge in [-0.15, -0.1) is 0 Å². The van der Waals surface area contributed by atoms with Gasteiger partial charge in [-0.2, -0.15) is 0 Å². The third-order valence-electron chi connectivity index (χ3n) is 2.98. The Morgan fingerprint density at radius 1 is 1.50 bits per heavy atom. The van der Waals surface area contributed by atoms with Gasteiger partial charge in [-0.25, -0.2) is 0 Å². The van der Waals surface area contributed by atoms with Crippen molar-refractivity contribution in [2.24, 2.45) is 0 Å². The van der Waals surface area contributed by atoms with E-state index < -0.39 is 0 Å². The number of hydrogen-bond acceptors (Lipinski definition) is 2. The van der Waals surface area contributed by atoms with E-state index in [-0.39, 0.29) is 5.91 Å². The van der Waals surface area contributed by atoms with Crippen molar-refractivity contribution in [2.75, 3.05) is 0 Å². The molecule has 2 rings (SSSR count). The fraction of sp³-hybridized carbons (Fsp3) is 0.385. The van der Waals surface area contributed by atoms with Crippen LogP contribution in [0.4, 0.5) is 0 Å². The zero-order valence-corrected chi connectivity index (χ0v) is 9.33. The summed E-state index contributed by atoms with van der Waals surface area (Å²) in [6.07, 6.45) is 7.83. The van der Waals surface area contributed by atoms with Gasteiger partial charge in [0.15, 0.2) is 0 Å². The second-order valence-electron chi connectivity index (χ2n) is 4.02. The molecule has 0 atom stereocenters. The topological polar surface area (TPSA) is 42.0 Å². The van der Waals surface area contributed by atoms with Crippen LogP contribution in [0.15, 0.2) is 24.9 Å². The van der Waals surface area contributed by atoms with Gasteiger partial charge in [0.1, 0.15) is 0 Å². The first-order chi connectivity index (χ1) is 7.81. The number of amides is 1. The molecule has 0 saturated carbocycles. The lowest BCUT2D eigenvalue weighted by Crippen LogP contribution is -2.22. The normalized spacial score (nSPS) is 14.0. The fourth-order valence-corrected chi connectivity index (χ4v) is 2.13. The minimum absolute atomic E-state index is 0.143. The molecule has 1 aliphatic rings. The molecule has 0 radical (unpaired) electrons. The molecule has 1 aliphatic carbocycles. The molecular formula is C13H16N2O. The van der Waals surface area contributed by atoms with Crippen molar-refractivity contribution in [3.05, 3.63) is 41.7 Å². The molecule has 1 heterocycles. The lowest BCUT2D eigenvalue weighted by Gasteiger charge is -2.18. The molecule has 0 aliphatic heterocycles. The number of carbonyl (C=O) groups is 1. The summed E-state index contributed by atoms with van der Waals surface area (Å²) < 4.78 is 0. The third kappa shape index (κ3) is 2.30. The number of nitrogens with zero attached hydrogens (tertiary/aromatic N) is 1. The van der Waals surface area contributed by atoms with Crippen molar-refractivity contribution in [1.29, 1.82) is 0 Å². The number of nitrogens with one attached hydrogen (secondary N) is 1. The van der Waals surface area contributed by atoms with Gasteiger partial charge in [0, 0.05) is 6.20 Å². The van der Waals surface area contributed by atoms with Gasteiger partial charge < -0.3 is 5.32 Å². The second kappa shape index (κ2) is 4.92. The van der Waals surface area contributed by atoms with Gasteiger partial charge >= 0.3 is 0 Å². The average molecular weight is 216 g/mol. The molecule has 3 nitrogen and oxygen atoms in total. The van der Waals surface area contributed by atoms with Gasteiger partial charge in [0.05, 0.1) is 12.2 Å². The van der Waals surface area contributed by atoms with Gasteiger partial charge in [-0.1, -0.05) is 6.58 Å². The van der Waals surface area contributed by atoms with Crippen molar-refractivity contribution in [2.45, 2.75) is 32.2 Å². The lowest BCUT2D eigenvalue weighted by atomic mass is 9.91. The van der Waals surface area contributed by atoms with E-state index in [1.54, 1.807) is 0 Å². The predicted octanol–water partition coefficient (Wildman–Crippen LogP) is 1.76. The summed E-state index contributed by atoms with van der Waals surface area (Å²) in [5, 5.41) is 2.78. The van der Waals surface area contributed by atoms with Crippen LogP contribution in [0, 0.1) is 0 Å². The van der Waals surface area contributed by atoms with Crippen molar-refractivity contribution in [1.82, 2.24) is 10.3 Å². The maximum absolute atomic E-state index is 11.1. The van der Waals surface area contributed by atoms with Crippen molar-refractivity contribution >= 4 is 5.91 Å². The summed E-state index contributed by atoms with van der Waals surface area (Å²) in [5.41, 5.74) is 3.73. The first-order valence-corrected chi connectivity index (χ1v) is 5.67. The Hall–Kier alpha value is -1.64. The van der Waals surface area contributed by atoms with Crippen LogP contribution in [0.25, 0.3) is 0 Å². The Morgan fingerprint density at radius 3 is 3.12 bits per heavy atom. The Bertz CT molecular complexity index is 412. The highest BCUT2D eigenvalue weighted by Crippen LogP contribution is 2.22. The van der Waals surface area contributed by atoms with Crippen LogP contribution in [0.2, 0.25) is 0 Å². The molecule has 84 valence electrons. The molecule has 0 aromatic carbocycles. The number of rotatable bonds is 3. The number of pyridine rings is 1. The number of hydrogen-bond donors (Lipinski definition) is 1. The van der Waals surface area contributed by atoms with Gasteiger partial charge in [0.25, 0.3) is 0 Å². The molecule has 0 fully saturated rings. The van der Waals surface area contributed by atoms with E-state index in [1.165, 1.54) is 30.0 Å². The number of aromatic nitrogens is 1. The van der Waals surface area contributed by atoms with Crippen LogP contribution in [0.3, 0.4) is 0 Å². The van der Waals surface area contributed by atoms with Crippen molar-refractivity contribution in [3.8, 4) is 0 Å². The summed E-state index contributed by atoms with van der Waals surface area (Å²) in [7, 11) is 0. The van der Waals surface area contributed by atoms with Gasteiger partial charge in [0.2, 0.25) is 5.91 Å². The third-order valence-corrected chi connectivity index (χ3v) is 2.98. The van der Waals surface area contributed by atoms with Gasteiger partial charge in [-0.3, -0.25) is 9.78 Å². The number of carbonyl (C=O) groups excluding carboxylic acids is 1. The van der Waals surface area contributed by atoms with E-state index in [4.69, 9.17) is 0 Å². The fourth-order valence-electron chi connectivity index (χ4n) is 2.13. The Kier molecular flexibility index (Phi) is 3.34. The molecule has 16 heavy (non-hydrogen) atoms. The highest BCUT2D eigenvalue weighted by Gasteiger charge is 2.13. The average Bonchev–Trinajstić information content (AvgIpc) is 2.35. The smallest absolute Gasteiger partial charge is 0.243 e. The van der Waals surface area contributed by atoms with E-state index in [0.29, 0.717) is 6.54 Å². The quantitative estimate of drug-likeness (QED) is 0.782. The molecule has 1 aromatic rings. The number of aryl methyl sites for hydroxylation is 1. The van der Waals surface area contributed by atoms with Crippen molar-refractivity contribution < 1.29 is 4.79 Å². The first kappa shape index (κ1) is 10.9. The van der Waals surface area contributed by atoms with E-state index in [2.05, 4.69) is 22.9 Å². The molecule has 1 aromatic heterocycles. The summed E-state index contributed by atoms with van der Waals surface area (Å²) in [6, 6.07) is 2.09. The minimum atomic E-state index is -0.143. The molecule has 0 bridgehead atoms. The van der Waals surface area contributed by atoms with E-state index >= 15 is 0 Å². The summed E-state index contributed by atoms with van der Waals surface area (Å²) in [4.78, 5) is 15.4. The molecule has 0 saturated heterocycles. The van der Waals surface area contributed by atoms with E-state index in [9.17, 15) is 4.79 Å². The molecule has 1 amide bonds. The lowest BCUT2D eigenvalue weighted by molar-refractivity contribution is -0.116. The maximum Gasteiger partial charge on any atom is 0.243 e. The molecule has 1 N–H and O–H groups in total. The molecular weight excluding hydrogens is 200 g/mol. The van der Waals surface area contributed by atoms with Crippen LogP contribution in [0.5, 0.6) is 0 Å². The van der Waals surface area contributed by atoms with Crippen molar-refractivity contribution in [3.63, 3.8) is 0 Å². The summed E-state index contributed by atoms with van der Waals surface area (Å²) in [6.45, 7) is 3.94. The SMILES string of the molecule is C=CC(=O)NCc1nccc2c1CCCC2. The Labute approximate surface area is 95.6 Å². The number of fused-ring (bicyclic) bond motifs is 1. The standard InChI is InChI=1S/C13H16N2O/c1-2-13(16)15-9-12-11-6-4-3-5-10(11)7-8-14-12/h2,7-8H,1,3-6,9H2,(H,15,16). The van der Waals surface area contributed by atoms with Crippen LogP contribution in [0.1, 0.15) is 29.7 Å². The van der Waals surface area contributed by atoms with Gasteiger partial charge in [-0.05, 0) is 49.0 Å². The summed E-state index contributed by atoms with van der Waals surface area (Å²) in [5.74, 6) is -0.143. The van der Waals surface area contributed by atoms with E-state index in [0.717, 1.165) is 18.5 Å². The maximum atomic E-state index is 11.1. The predicted molar refractivity (Wildman–Crippen MR) is 62.9 cm³/mol. The molecule has 0 unspecified atom stereocenters. The van der Waals surface area contributed by atoms with E-state index in [1.807, 2.05) is 6.20 Å². The zero-order valence-electron chi connectivity index (χ0n) is 9.33. The zero-order chi connectivity index (χ0) is 11.4. The minimum Gasteiger partial charge on any atom is -0.347 e. The highest BCUT2D eigenvalue weighted by atomic mass is 16.1. The monoisotopic (exact) mass is 216 g/mol. The summed E-state index contributed by atoms with van der Waals surface area (Å²) >= 11 is 0. The van der Waals surface area contributed by atoms with Crippen LogP contribution in [-0.2, 0) is 24.2 Å².